The molecule has 0 saturated heterocycles. The first-order valence-electron chi connectivity index (χ1n) is 10.2. The van der Waals surface area contributed by atoms with Crippen molar-refractivity contribution >= 4 is 5.69 Å². The minimum absolute atomic E-state index is 0. The van der Waals surface area contributed by atoms with Gasteiger partial charge in [0.1, 0.15) is 5.69 Å². The van der Waals surface area contributed by atoms with E-state index < -0.39 is 0 Å². The molecule has 0 unspecified atom stereocenters. The summed E-state index contributed by atoms with van der Waals surface area (Å²) in [5.74, 6) is 0. The predicted molar refractivity (Wildman–Crippen MR) is 108 cm³/mol. The molecule has 140 valence electrons. The Morgan fingerprint density at radius 2 is 1.08 bits per heavy atom. The molecule has 0 aromatic heterocycles. The molecule has 24 heavy (non-hydrogen) atoms. The molecular formula is C22H41NO. The molecule has 1 rings (SSSR count). The van der Waals surface area contributed by atoms with Gasteiger partial charge in [-0.3, -0.25) is 4.48 Å². The minimum Gasteiger partial charge on any atom is -0.870 e. The van der Waals surface area contributed by atoms with Crippen molar-refractivity contribution in [2.24, 2.45) is 0 Å². The molecule has 1 aromatic rings. The highest BCUT2D eigenvalue weighted by molar-refractivity contribution is 5.42. The van der Waals surface area contributed by atoms with E-state index >= 15 is 0 Å². The van der Waals surface area contributed by atoms with Crippen molar-refractivity contribution in [3.05, 3.63) is 30.3 Å². The summed E-state index contributed by atoms with van der Waals surface area (Å²) in [6.45, 7) is 10.7. The van der Waals surface area contributed by atoms with Gasteiger partial charge in [0.25, 0.3) is 0 Å². The zero-order valence-electron chi connectivity index (χ0n) is 16.5. The van der Waals surface area contributed by atoms with Crippen molar-refractivity contribution in [1.29, 1.82) is 0 Å². The average molecular weight is 336 g/mol. The number of para-hydroxylation sites is 1. The molecule has 0 atom stereocenters. The lowest BCUT2D eigenvalue weighted by Crippen LogP contribution is -2.49. The molecule has 2 heteroatoms. The van der Waals surface area contributed by atoms with E-state index in [1.165, 1.54) is 89.5 Å². The Balaban J connectivity index is 0.00000529. The molecule has 0 bridgehead atoms. The maximum absolute atomic E-state index is 2.34. The second-order valence-electron chi connectivity index (χ2n) is 7.02. The summed E-state index contributed by atoms with van der Waals surface area (Å²) >= 11 is 0. The molecule has 0 aliphatic rings. The van der Waals surface area contributed by atoms with Gasteiger partial charge in [-0.1, -0.05) is 76.5 Å². The fourth-order valence-electron chi connectivity index (χ4n) is 3.68. The zero-order chi connectivity index (χ0) is 16.8. The van der Waals surface area contributed by atoms with E-state index in [0.717, 1.165) is 4.48 Å². The van der Waals surface area contributed by atoms with Crippen LogP contribution in [0.4, 0.5) is 5.69 Å². The lowest BCUT2D eigenvalue weighted by atomic mass is 10.1. The van der Waals surface area contributed by atoms with Crippen molar-refractivity contribution in [1.82, 2.24) is 4.48 Å². The van der Waals surface area contributed by atoms with Crippen LogP contribution in [0.5, 0.6) is 0 Å². The Hall–Kier alpha value is -0.860. The number of hydrogen-bond acceptors (Lipinski definition) is 1. The van der Waals surface area contributed by atoms with Gasteiger partial charge in [0.05, 0.1) is 19.6 Å². The van der Waals surface area contributed by atoms with E-state index in [1.807, 2.05) is 0 Å². The third-order valence-electron chi connectivity index (χ3n) is 5.45. The average Bonchev–Trinajstić information content (AvgIpc) is 2.61. The predicted octanol–water partition coefficient (Wildman–Crippen LogP) is 6.78. The molecule has 0 heterocycles. The van der Waals surface area contributed by atoms with E-state index in [-0.39, 0.29) is 5.48 Å². The maximum Gasteiger partial charge on any atom is 0.132 e. The summed E-state index contributed by atoms with van der Waals surface area (Å²) in [7, 11) is 0. The topological polar surface area (TPSA) is 30.0 Å². The standard InChI is InChI=1S/C22H40N.H2O/c1-4-7-8-9-10-11-12-13-14-18-21-23(5-2,6-3)22-19-16-15-17-20-22;/h15-17,19-20H,4-14,18,21H2,1-3H3;1H2/q+1;/p-1. The van der Waals surface area contributed by atoms with E-state index in [1.54, 1.807) is 0 Å². The minimum atomic E-state index is 0. The fourth-order valence-corrected chi connectivity index (χ4v) is 3.68. The number of benzene rings is 1. The van der Waals surface area contributed by atoms with Crippen LogP contribution in [0.15, 0.2) is 30.3 Å². The van der Waals surface area contributed by atoms with Crippen LogP contribution in [0.25, 0.3) is 0 Å². The first-order chi connectivity index (χ1) is 11.3. The summed E-state index contributed by atoms with van der Waals surface area (Å²) in [5, 5.41) is 0. The summed E-state index contributed by atoms with van der Waals surface area (Å²) in [6, 6.07) is 11.1. The van der Waals surface area contributed by atoms with Crippen molar-refractivity contribution in [2.45, 2.75) is 85.0 Å². The number of quaternary nitrogens is 1. The van der Waals surface area contributed by atoms with Gasteiger partial charge in [0.15, 0.2) is 0 Å². The van der Waals surface area contributed by atoms with Gasteiger partial charge >= 0.3 is 0 Å². The Kier molecular flexibility index (Phi) is 14.0. The maximum atomic E-state index is 2.34. The summed E-state index contributed by atoms with van der Waals surface area (Å²) in [4.78, 5) is 0. The quantitative estimate of drug-likeness (QED) is 0.272. The van der Waals surface area contributed by atoms with Crippen LogP contribution >= 0.6 is 0 Å². The molecular weight excluding hydrogens is 294 g/mol. The molecule has 0 saturated carbocycles. The van der Waals surface area contributed by atoms with Crippen LogP contribution in [0.2, 0.25) is 0 Å². The molecule has 0 amide bonds. The van der Waals surface area contributed by atoms with Crippen molar-refractivity contribution < 1.29 is 5.48 Å². The lowest BCUT2D eigenvalue weighted by molar-refractivity contribution is 0.291. The Morgan fingerprint density at radius 1 is 0.625 bits per heavy atom. The van der Waals surface area contributed by atoms with E-state index in [0.29, 0.717) is 0 Å². The Labute approximate surface area is 151 Å². The highest BCUT2D eigenvalue weighted by Crippen LogP contribution is 2.23. The molecule has 0 fully saturated rings. The highest BCUT2D eigenvalue weighted by Gasteiger charge is 2.25. The van der Waals surface area contributed by atoms with E-state index in [2.05, 4.69) is 51.1 Å². The van der Waals surface area contributed by atoms with Crippen LogP contribution in [-0.4, -0.2) is 25.1 Å². The number of rotatable bonds is 14. The summed E-state index contributed by atoms with van der Waals surface area (Å²) in [6.07, 6.45) is 14.2. The van der Waals surface area contributed by atoms with Gasteiger partial charge in [-0.05, 0) is 38.8 Å². The van der Waals surface area contributed by atoms with Gasteiger partial charge in [0.2, 0.25) is 0 Å². The SMILES string of the molecule is CCCCCCCCCCCC[N+](CC)(CC)c1ccccc1.[OH-]. The van der Waals surface area contributed by atoms with Crippen LogP contribution < -0.4 is 4.48 Å². The highest BCUT2D eigenvalue weighted by atomic mass is 16.0. The zero-order valence-corrected chi connectivity index (χ0v) is 16.5. The molecule has 0 aliphatic heterocycles. The number of hydrogen-bond donors (Lipinski definition) is 0. The monoisotopic (exact) mass is 335 g/mol. The molecule has 1 aromatic carbocycles. The molecule has 0 aliphatic carbocycles. The first kappa shape index (κ1) is 23.1. The summed E-state index contributed by atoms with van der Waals surface area (Å²) in [5.41, 5.74) is 1.49. The first-order valence-corrected chi connectivity index (χ1v) is 10.2. The molecule has 1 N–H and O–H groups in total. The number of nitrogens with zero attached hydrogens (tertiary/aromatic N) is 1. The van der Waals surface area contributed by atoms with Crippen LogP contribution in [0.1, 0.15) is 85.0 Å². The van der Waals surface area contributed by atoms with Gasteiger partial charge in [-0.25, -0.2) is 0 Å². The Morgan fingerprint density at radius 3 is 1.54 bits per heavy atom. The molecule has 0 spiro atoms. The third-order valence-corrected chi connectivity index (χ3v) is 5.45. The van der Waals surface area contributed by atoms with Crippen molar-refractivity contribution in [3.8, 4) is 0 Å². The van der Waals surface area contributed by atoms with Crippen molar-refractivity contribution in [2.75, 3.05) is 19.6 Å². The largest absolute Gasteiger partial charge is 0.870 e. The molecule has 0 radical (unpaired) electrons. The normalized spacial score (nSPS) is 11.3. The second-order valence-corrected chi connectivity index (χ2v) is 7.02. The van der Waals surface area contributed by atoms with Crippen LogP contribution in [0, 0.1) is 0 Å². The Bertz CT molecular complexity index is 373. The molecule has 2 nitrogen and oxygen atoms in total. The lowest BCUT2D eigenvalue weighted by Gasteiger charge is -2.36. The number of unbranched alkanes of at least 4 members (excludes halogenated alkanes) is 9. The van der Waals surface area contributed by atoms with Crippen LogP contribution in [0.3, 0.4) is 0 Å². The summed E-state index contributed by atoms with van der Waals surface area (Å²) < 4.78 is 1.15. The van der Waals surface area contributed by atoms with Crippen molar-refractivity contribution in [3.63, 3.8) is 0 Å². The second kappa shape index (κ2) is 14.5. The van der Waals surface area contributed by atoms with Gasteiger partial charge < -0.3 is 5.48 Å². The van der Waals surface area contributed by atoms with Gasteiger partial charge in [-0.15, -0.1) is 0 Å². The third kappa shape index (κ3) is 8.30. The van der Waals surface area contributed by atoms with E-state index in [9.17, 15) is 0 Å². The van der Waals surface area contributed by atoms with Gasteiger partial charge in [-0.2, -0.15) is 0 Å². The smallest absolute Gasteiger partial charge is 0.132 e. The van der Waals surface area contributed by atoms with E-state index in [4.69, 9.17) is 0 Å². The van der Waals surface area contributed by atoms with Gasteiger partial charge in [0, 0.05) is 0 Å². The fraction of sp³-hybridized carbons (Fsp3) is 0.727. The van der Waals surface area contributed by atoms with Crippen LogP contribution in [-0.2, 0) is 0 Å².